The quantitative estimate of drug-likeness (QED) is 0.538. The van der Waals surface area contributed by atoms with Gasteiger partial charge >= 0.3 is 11.9 Å². The van der Waals surface area contributed by atoms with Gasteiger partial charge in [-0.2, -0.15) is 18.2 Å². The number of nitrogens with zero attached hydrogens (tertiary/aromatic N) is 3. The van der Waals surface area contributed by atoms with E-state index in [9.17, 15) is 26.7 Å². The molecule has 0 amide bonds. The average molecular weight is 453 g/mol. The minimum absolute atomic E-state index is 0.0147. The molecule has 3 aromatic rings. The Bertz CT molecular complexity index is 1190. The molecule has 6 nitrogen and oxygen atoms in total. The van der Waals surface area contributed by atoms with Crippen molar-refractivity contribution in [2.24, 2.45) is 0 Å². The summed E-state index contributed by atoms with van der Waals surface area (Å²) >= 11 is 0. The van der Waals surface area contributed by atoms with Crippen molar-refractivity contribution < 1.29 is 31.4 Å². The van der Waals surface area contributed by atoms with Gasteiger partial charge in [-0.3, -0.25) is 4.57 Å². The SMILES string of the molecule is CN1CCn2c1cc(OCc1cc(F)c(Oc3ccc(C(F)(F)F)cc3)c(F)c1)nc2=O. The van der Waals surface area contributed by atoms with Gasteiger partial charge in [0.15, 0.2) is 17.4 Å². The van der Waals surface area contributed by atoms with Crippen LogP contribution >= 0.6 is 0 Å². The van der Waals surface area contributed by atoms with Gasteiger partial charge < -0.3 is 14.4 Å². The lowest BCUT2D eigenvalue weighted by Gasteiger charge is -2.13. The van der Waals surface area contributed by atoms with Gasteiger partial charge in [-0.25, -0.2) is 13.6 Å². The molecule has 168 valence electrons. The third-order valence-electron chi connectivity index (χ3n) is 4.86. The number of likely N-dealkylation sites (N-methyl/N-ethyl adjacent to an activating group) is 1. The number of ether oxygens (including phenoxy) is 2. The van der Waals surface area contributed by atoms with E-state index in [4.69, 9.17) is 9.47 Å². The summed E-state index contributed by atoms with van der Waals surface area (Å²) in [6.07, 6.45) is -4.54. The maximum atomic E-state index is 14.4. The van der Waals surface area contributed by atoms with Gasteiger partial charge in [0.05, 0.1) is 5.56 Å². The van der Waals surface area contributed by atoms with Crippen molar-refractivity contribution in [1.29, 1.82) is 0 Å². The molecular formula is C21H16F5N3O3. The maximum Gasteiger partial charge on any atom is 0.416 e. The molecule has 0 bridgehead atoms. The Morgan fingerprint density at radius 1 is 1.03 bits per heavy atom. The summed E-state index contributed by atoms with van der Waals surface area (Å²) in [5.74, 6) is -2.41. The Kier molecular flexibility index (Phi) is 5.49. The molecule has 0 atom stereocenters. The Balaban J connectivity index is 1.48. The topological polar surface area (TPSA) is 56.6 Å². The van der Waals surface area contributed by atoms with Gasteiger partial charge in [0.2, 0.25) is 5.88 Å². The van der Waals surface area contributed by atoms with Crippen LogP contribution < -0.4 is 20.1 Å². The Morgan fingerprint density at radius 2 is 1.69 bits per heavy atom. The molecule has 0 N–H and O–H groups in total. The molecule has 4 rings (SSSR count). The van der Waals surface area contributed by atoms with E-state index in [1.165, 1.54) is 4.57 Å². The minimum atomic E-state index is -4.54. The van der Waals surface area contributed by atoms with Crippen LogP contribution in [0.2, 0.25) is 0 Å². The fraction of sp³-hybridized carbons (Fsp3) is 0.238. The lowest BCUT2D eigenvalue weighted by molar-refractivity contribution is -0.137. The van der Waals surface area contributed by atoms with Gasteiger partial charge in [0.25, 0.3) is 0 Å². The molecule has 0 saturated carbocycles. The lowest BCUT2D eigenvalue weighted by atomic mass is 10.2. The third-order valence-corrected chi connectivity index (χ3v) is 4.86. The van der Waals surface area contributed by atoms with Gasteiger partial charge in [-0.1, -0.05) is 0 Å². The molecule has 0 fully saturated rings. The molecule has 1 aliphatic rings. The van der Waals surface area contributed by atoms with Crippen molar-refractivity contribution >= 4 is 5.82 Å². The summed E-state index contributed by atoms with van der Waals surface area (Å²) in [6.45, 7) is 0.889. The van der Waals surface area contributed by atoms with E-state index in [1.54, 1.807) is 6.07 Å². The maximum absolute atomic E-state index is 14.4. The molecule has 1 aromatic heterocycles. The number of fused-ring (bicyclic) bond motifs is 1. The van der Waals surface area contributed by atoms with Crippen LogP contribution in [0.3, 0.4) is 0 Å². The van der Waals surface area contributed by atoms with Crippen LogP contribution in [0.25, 0.3) is 0 Å². The predicted octanol–water partition coefficient (Wildman–Crippen LogP) is 4.36. The molecule has 1 aliphatic heterocycles. The van der Waals surface area contributed by atoms with Crippen LogP contribution in [0, 0.1) is 11.6 Å². The first-order valence-corrected chi connectivity index (χ1v) is 9.40. The molecule has 0 radical (unpaired) electrons. The molecule has 2 heterocycles. The van der Waals surface area contributed by atoms with Gasteiger partial charge in [-0.15, -0.1) is 0 Å². The standard InChI is InChI=1S/C21H16F5N3O3/c1-28-6-7-29-18(28)10-17(27-20(29)30)31-11-12-8-15(22)19(16(23)9-12)32-14-4-2-13(3-5-14)21(24,25)26/h2-5,8-10H,6-7,11H2,1H3. The van der Waals surface area contributed by atoms with E-state index in [-0.39, 0.29) is 23.8 Å². The molecule has 0 unspecified atom stereocenters. The summed E-state index contributed by atoms with van der Waals surface area (Å²) in [4.78, 5) is 17.7. The minimum Gasteiger partial charge on any atom is -0.473 e. The van der Waals surface area contributed by atoms with E-state index in [0.29, 0.717) is 18.9 Å². The number of rotatable bonds is 5. The molecule has 0 saturated heterocycles. The zero-order valence-corrected chi connectivity index (χ0v) is 16.6. The van der Waals surface area contributed by atoms with E-state index in [2.05, 4.69) is 4.98 Å². The second kappa shape index (κ2) is 8.13. The number of anilines is 1. The highest BCUT2D eigenvalue weighted by molar-refractivity contribution is 5.44. The second-order valence-corrected chi connectivity index (χ2v) is 7.11. The first-order valence-electron chi connectivity index (χ1n) is 9.40. The molecule has 0 spiro atoms. The summed E-state index contributed by atoms with van der Waals surface area (Å²) < 4.78 is 78.7. The lowest BCUT2D eigenvalue weighted by Crippen LogP contribution is -2.22. The van der Waals surface area contributed by atoms with Crippen LogP contribution in [0.4, 0.5) is 27.8 Å². The van der Waals surface area contributed by atoms with Crippen molar-refractivity contribution in [3.63, 3.8) is 0 Å². The summed E-state index contributed by atoms with van der Waals surface area (Å²) in [5.41, 5.74) is -1.29. The van der Waals surface area contributed by atoms with E-state index < -0.39 is 34.8 Å². The fourth-order valence-corrected chi connectivity index (χ4v) is 3.22. The number of benzene rings is 2. The largest absolute Gasteiger partial charge is 0.473 e. The monoisotopic (exact) mass is 453 g/mol. The second-order valence-electron chi connectivity index (χ2n) is 7.11. The third kappa shape index (κ3) is 4.36. The fourth-order valence-electron chi connectivity index (χ4n) is 3.22. The first kappa shape index (κ1) is 21.6. The van der Waals surface area contributed by atoms with Gasteiger partial charge in [-0.05, 0) is 42.0 Å². The van der Waals surface area contributed by atoms with Crippen LogP contribution in [0.15, 0.2) is 47.3 Å². The van der Waals surface area contributed by atoms with E-state index in [0.717, 1.165) is 36.4 Å². The smallest absolute Gasteiger partial charge is 0.416 e. The number of hydrogen-bond acceptors (Lipinski definition) is 5. The number of halogens is 5. The van der Waals surface area contributed by atoms with E-state index >= 15 is 0 Å². The summed E-state index contributed by atoms with van der Waals surface area (Å²) in [5, 5.41) is 0. The first-order chi connectivity index (χ1) is 15.1. The molecular weight excluding hydrogens is 437 g/mol. The van der Waals surface area contributed by atoms with Crippen molar-refractivity contribution in [3.8, 4) is 17.4 Å². The van der Waals surface area contributed by atoms with Crippen molar-refractivity contribution in [2.75, 3.05) is 18.5 Å². The van der Waals surface area contributed by atoms with Crippen molar-refractivity contribution in [2.45, 2.75) is 19.3 Å². The van der Waals surface area contributed by atoms with Crippen LogP contribution in [0.5, 0.6) is 17.4 Å². The van der Waals surface area contributed by atoms with Gasteiger partial charge in [0.1, 0.15) is 18.2 Å². The van der Waals surface area contributed by atoms with E-state index in [1.807, 2.05) is 11.9 Å². The molecule has 0 aliphatic carbocycles. The molecule has 11 heteroatoms. The highest BCUT2D eigenvalue weighted by Gasteiger charge is 2.30. The zero-order valence-electron chi connectivity index (χ0n) is 16.6. The predicted molar refractivity (Wildman–Crippen MR) is 104 cm³/mol. The Morgan fingerprint density at radius 3 is 2.31 bits per heavy atom. The molecule has 2 aromatic carbocycles. The normalized spacial score (nSPS) is 13.2. The number of aromatic nitrogens is 2. The average Bonchev–Trinajstić information content (AvgIpc) is 3.10. The molecule has 32 heavy (non-hydrogen) atoms. The highest BCUT2D eigenvalue weighted by Crippen LogP contribution is 2.33. The number of alkyl halides is 3. The Labute approximate surface area is 178 Å². The van der Waals surface area contributed by atoms with Crippen LogP contribution in [-0.4, -0.2) is 23.1 Å². The summed E-state index contributed by atoms with van der Waals surface area (Å²) in [7, 11) is 1.81. The van der Waals surface area contributed by atoms with Crippen molar-refractivity contribution in [3.05, 3.63) is 75.7 Å². The van der Waals surface area contributed by atoms with Gasteiger partial charge in [0, 0.05) is 26.2 Å². The van der Waals surface area contributed by atoms with Crippen molar-refractivity contribution in [1.82, 2.24) is 9.55 Å². The summed E-state index contributed by atoms with van der Waals surface area (Å²) in [6, 6.07) is 6.92. The zero-order chi connectivity index (χ0) is 23.0. The van der Waals surface area contributed by atoms with Crippen LogP contribution in [0.1, 0.15) is 11.1 Å². The Hall–Kier alpha value is -3.63. The highest BCUT2D eigenvalue weighted by atomic mass is 19.4. The number of hydrogen-bond donors (Lipinski definition) is 0. The van der Waals surface area contributed by atoms with Crippen LogP contribution in [-0.2, 0) is 19.3 Å².